The first-order valence-electron chi connectivity index (χ1n) is 6.76. The molecule has 2 aliphatic carbocycles. The van der Waals surface area contributed by atoms with E-state index >= 15 is 0 Å². The van der Waals surface area contributed by atoms with Crippen LogP contribution in [0.3, 0.4) is 0 Å². The van der Waals surface area contributed by atoms with Gasteiger partial charge in [-0.05, 0) is 54.8 Å². The second kappa shape index (κ2) is 3.94. The highest BCUT2D eigenvalue weighted by atomic mass is 32.2. The minimum absolute atomic E-state index is 0.135. The van der Waals surface area contributed by atoms with Gasteiger partial charge in [0.2, 0.25) is 0 Å². The Bertz CT molecular complexity index is 524. The van der Waals surface area contributed by atoms with Crippen LogP contribution in [0.15, 0.2) is 23.3 Å². The van der Waals surface area contributed by atoms with E-state index in [1.54, 1.807) is 0 Å². The first-order chi connectivity index (χ1) is 8.42. The van der Waals surface area contributed by atoms with Gasteiger partial charge < -0.3 is 5.32 Å². The van der Waals surface area contributed by atoms with Crippen LogP contribution in [0, 0.1) is 11.3 Å². The lowest BCUT2D eigenvalue weighted by Gasteiger charge is -2.35. The summed E-state index contributed by atoms with van der Waals surface area (Å²) >= 11 is 0. The molecule has 0 aromatic rings. The molecule has 3 rings (SSSR count). The van der Waals surface area contributed by atoms with Gasteiger partial charge in [-0.2, -0.15) is 0 Å². The summed E-state index contributed by atoms with van der Waals surface area (Å²) in [4.78, 5) is 0. The minimum Gasteiger partial charge on any atom is -0.317 e. The molecule has 100 valence electrons. The van der Waals surface area contributed by atoms with Crippen LogP contribution in [0.2, 0.25) is 0 Å². The summed E-state index contributed by atoms with van der Waals surface area (Å²) in [5, 5.41) is 3.13. The maximum Gasteiger partial charge on any atom is 0.154 e. The Morgan fingerprint density at radius 3 is 2.56 bits per heavy atom. The summed E-state index contributed by atoms with van der Waals surface area (Å²) < 4.78 is 24.1. The zero-order valence-corrected chi connectivity index (χ0v) is 11.9. The van der Waals surface area contributed by atoms with Crippen molar-refractivity contribution >= 4 is 9.84 Å². The molecule has 2 fully saturated rings. The zero-order valence-electron chi connectivity index (χ0n) is 11.1. The van der Waals surface area contributed by atoms with E-state index < -0.39 is 9.84 Å². The average Bonchev–Trinajstić information content (AvgIpc) is 2.78. The van der Waals surface area contributed by atoms with Gasteiger partial charge in [0.1, 0.15) is 0 Å². The third-order valence-electron chi connectivity index (χ3n) is 4.75. The van der Waals surface area contributed by atoms with E-state index in [1.807, 2.05) is 0 Å². The van der Waals surface area contributed by atoms with Crippen LogP contribution < -0.4 is 5.32 Å². The third-order valence-corrected chi connectivity index (χ3v) is 6.21. The second-order valence-corrected chi connectivity index (χ2v) is 8.34. The van der Waals surface area contributed by atoms with Crippen molar-refractivity contribution in [2.45, 2.75) is 31.4 Å². The number of hydrogen-bond donors (Lipinski definition) is 1. The van der Waals surface area contributed by atoms with Crippen molar-refractivity contribution in [1.82, 2.24) is 5.32 Å². The minimum atomic E-state index is -2.99. The first-order valence-corrected chi connectivity index (χ1v) is 8.72. The maximum atomic E-state index is 12.0. The molecule has 2 unspecified atom stereocenters. The summed E-state index contributed by atoms with van der Waals surface area (Å²) in [6, 6.07) is 0. The van der Waals surface area contributed by atoms with Crippen molar-refractivity contribution in [3.8, 4) is 0 Å². The predicted molar refractivity (Wildman–Crippen MR) is 73.1 cm³/mol. The van der Waals surface area contributed by atoms with E-state index in [2.05, 4.69) is 24.4 Å². The Morgan fingerprint density at radius 1 is 1.28 bits per heavy atom. The SMILES string of the molecule is CC1C=C2C(=C1)C1(CCNCC1)CC2S(C)(=O)=O. The largest absolute Gasteiger partial charge is 0.317 e. The molecule has 2 atom stereocenters. The maximum absolute atomic E-state index is 12.0. The summed E-state index contributed by atoms with van der Waals surface area (Å²) in [7, 11) is -2.99. The Morgan fingerprint density at radius 2 is 1.94 bits per heavy atom. The number of nitrogens with one attached hydrogen (secondary N) is 1. The topological polar surface area (TPSA) is 46.2 Å². The molecule has 3 aliphatic rings. The molecule has 18 heavy (non-hydrogen) atoms. The fraction of sp³-hybridized carbons (Fsp3) is 0.714. The van der Waals surface area contributed by atoms with Crippen molar-refractivity contribution in [1.29, 1.82) is 0 Å². The van der Waals surface area contributed by atoms with Crippen molar-refractivity contribution in [2.24, 2.45) is 11.3 Å². The predicted octanol–water partition coefficient (Wildman–Crippen LogP) is 1.68. The van der Waals surface area contributed by atoms with Crippen molar-refractivity contribution in [3.63, 3.8) is 0 Å². The van der Waals surface area contributed by atoms with Crippen LogP contribution in [-0.2, 0) is 9.84 Å². The standard InChI is InChI=1S/C14H21NO2S/c1-10-7-11-12(8-10)14(3-5-15-6-4-14)9-13(11)18(2,16)17/h7-8,10,13,15H,3-6,9H2,1-2H3. The first kappa shape index (κ1) is 12.4. The lowest BCUT2D eigenvalue weighted by Crippen LogP contribution is -2.36. The molecule has 1 saturated heterocycles. The molecule has 1 spiro atoms. The van der Waals surface area contributed by atoms with Gasteiger partial charge in [0, 0.05) is 6.26 Å². The van der Waals surface area contributed by atoms with Gasteiger partial charge in [-0.1, -0.05) is 19.1 Å². The Balaban J connectivity index is 2.05. The van der Waals surface area contributed by atoms with E-state index in [0.29, 0.717) is 5.92 Å². The average molecular weight is 267 g/mol. The van der Waals surface area contributed by atoms with Crippen LogP contribution >= 0.6 is 0 Å². The van der Waals surface area contributed by atoms with E-state index in [9.17, 15) is 8.42 Å². The number of allylic oxidation sites excluding steroid dienone is 3. The molecule has 4 heteroatoms. The lowest BCUT2D eigenvalue weighted by molar-refractivity contribution is 0.261. The Hall–Kier alpha value is -0.610. The molecular formula is C14H21NO2S. The number of piperidine rings is 1. The van der Waals surface area contributed by atoms with Gasteiger partial charge in [-0.15, -0.1) is 0 Å². The number of sulfone groups is 1. The van der Waals surface area contributed by atoms with Crippen molar-refractivity contribution in [3.05, 3.63) is 23.3 Å². The molecule has 1 saturated carbocycles. The molecule has 0 bridgehead atoms. The zero-order chi connectivity index (χ0) is 13.0. The van der Waals surface area contributed by atoms with Gasteiger partial charge in [-0.3, -0.25) is 0 Å². The highest BCUT2D eigenvalue weighted by Gasteiger charge is 2.51. The molecule has 1 N–H and O–H groups in total. The molecular weight excluding hydrogens is 246 g/mol. The molecule has 0 aromatic carbocycles. The second-order valence-electron chi connectivity index (χ2n) is 6.11. The van der Waals surface area contributed by atoms with Gasteiger partial charge in [-0.25, -0.2) is 8.42 Å². The summed E-state index contributed by atoms with van der Waals surface area (Å²) in [5.41, 5.74) is 2.61. The third kappa shape index (κ3) is 1.77. The molecule has 1 heterocycles. The number of fused-ring (bicyclic) bond motifs is 2. The molecule has 0 radical (unpaired) electrons. The van der Waals surface area contributed by atoms with Crippen LogP contribution in [-0.4, -0.2) is 33.0 Å². The summed E-state index contributed by atoms with van der Waals surface area (Å²) in [5.74, 6) is 0.395. The smallest absolute Gasteiger partial charge is 0.154 e. The highest BCUT2D eigenvalue weighted by molar-refractivity contribution is 7.91. The van der Waals surface area contributed by atoms with E-state index in [-0.39, 0.29) is 10.7 Å². The molecule has 0 aromatic heterocycles. The monoisotopic (exact) mass is 267 g/mol. The Kier molecular flexibility index (Phi) is 2.72. The van der Waals surface area contributed by atoms with Gasteiger partial charge in [0.15, 0.2) is 9.84 Å². The van der Waals surface area contributed by atoms with Crippen molar-refractivity contribution in [2.75, 3.05) is 19.3 Å². The van der Waals surface area contributed by atoms with Crippen LogP contribution in [0.4, 0.5) is 0 Å². The van der Waals surface area contributed by atoms with E-state index in [4.69, 9.17) is 0 Å². The quantitative estimate of drug-likeness (QED) is 0.786. The fourth-order valence-electron chi connectivity index (χ4n) is 3.88. The molecule has 0 amide bonds. The molecule has 1 aliphatic heterocycles. The van der Waals surface area contributed by atoms with E-state index in [1.165, 1.54) is 11.8 Å². The summed E-state index contributed by atoms with van der Waals surface area (Å²) in [6.07, 6.45) is 8.81. The van der Waals surface area contributed by atoms with Gasteiger partial charge in [0.05, 0.1) is 5.25 Å². The molecule has 3 nitrogen and oxygen atoms in total. The van der Waals surface area contributed by atoms with Crippen LogP contribution in [0.5, 0.6) is 0 Å². The normalized spacial score (nSPS) is 34.3. The highest BCUT2D eigenvalue weighted by Crippen LogP contribution is 2.56. The Labute approximate surface area is 109 Å². The van der Waals surface area contributed by atoms with Gasteiger partial charge >= 0.3 is 0 Å². The van der Waals surface area contributed by atoms with Gasteiger partial charge in [0.25, 0.3) is 0 Å². The van der Waals surface area contributed by atoms with E-state index in [0.717, 1.165) is 37.9 Å². The van der Waals surface area contributed by atoms with Crippen molar-refractivity contribution < 1.29 is 8.42 Å². The number of hydrogen-bond acceptors (Lipinski definition) is 3. The fourth-order valence-corrected chi connectivity index (χ4v) is 5.17. The summed E-state index contributed by atoms with van der Waals surface area (Å²) in [6.45, 7) is 4.16. The van der Waals surface area contributed by atoms with Crippen LogP contribution in [0.1, 0.15) is 26.2 Å². The van der Waals surface area contributed by atoms with Crippen LogP contribution in [0.25, 0.3) is 0 Å². The number of rotatable bonds is 1. The lowest BCUT2D eigenvalue weighted by atomic mass is 9.74.